The van der Waals surface area contributed by atoms with Crippen LogP contribution in [0.3, 0.4) is 0 Å². The van der Waals surface area contributed by atoms with Crippen LogP contribution in [-0.2, 0) is 13.0 Å². The zero-order valence-electron chi connectivity index (χ0n) is 16.4. The molecule has 0 saturated heterocycles. The monoisotopic (exact) mass is 386 g/mol. The summed E-state index contributed by atoms with van der Waals surface area (Å²) in [6.45, 7) is 3.30. The Labute approximate surface area is 164 Å². The molecule has 2 aromatic carbocycles. The molecule has 3 rings (SSSR count). The molecule has 1 aliphatic rings. The van der Waals surface area contributed by atoms with Crippen molar-refractivity contribution in [3.63, 3.8) is 0 Å². The average Bonchev–Trinajstić information content (AvgIpc) is 2.72. The van der Waals surface area contributed by atoms with Crippen LogP contribution >= 0.6 is 0 Å². The molecule has 2 amide bonds. The van der Waals surface area contributed by atoms with Gasteiger partial charge in [0.2, 0.25) is 0 Å². The Morgan fingerprint density at radius 1 is 1.14 bits per heavy atom. The van der Waals surface area contributed by atoms with Crippen molar-refractivity contribution in [1.29, 1.82) is 0 Å². The van der Waals surface area contributed by atoms with Crippen LogP contribution in [0.5, 0.6) is 23.0 Å². The molecule has 0 bridgehead atoms. The van der Waals surface area contributed by atoms with Crippen molar-refractivity contribution in [3.8, 4) is 23.0 Å². The molecule has 0 radical (unpaired) electrons. The predicted molar refractivity (Wildman–Crippen MR) is 106 cm³/mol. The molecule has 150 valence electrons. The van der Waals surface area contributed by atoms with Crippen LogP contribution in [0.4, 0.5) is 4.79 Å². The summed E-state index contributed by atoms with van der Waals surface area (Å²) in [5.74, 6) is 2.94. The first-order chi connectivity index (χ1) is 13.6. The number of methoxy groups -OCH3 is 2. The van der Waals surface area contributed by atoms with Gasteiger partial charge < -0.3 is 29.6 Å². The fourth-order valence-corrected chi connectivity index (χ4v) is 3.11. The van der Waals surface area contributed by atoms with Crippen LogP contribution in [0.15, 0.2) is 36.4 Å². The number of fused-ring (bicyclic) bond motifs is 1. The van der Waals surface area contributed by atoms with E-state index in [2.05, 4.69) is 10.6 Å². The highest BCUT2D eigenvalue weighted by Crippen LogP contribution is 2.29. The molecule has 2 N–H and O–H groups in total. The molecular weight excluding hydrogens is 360 g/mol. The second kappa shape index (κ2) is 9.21. The van der Waals surface area contributed by atoms with E-state index in [4.69, 9.17) is 18.9 Å². The Hall–Kier alpha value is -3.09. The van der Waals surface area contributed by atoms with Crippen LogP contribution in [0.1, 0.15) is 18.1 Å². The molecule has 0 aromatic heterocycles. The smallest absolute Gasteiger partial charge is 0.315 e. The van der Waals surface area contributed by atoms with Crippen LogP contribution < -0.4 is 29.6 Å². The van der Waals surface area contributed by atoms with Crippen molar-refractivity contribution < 1.29 is 23.7 Å². The Bertz CT molecular complexity index is 824. The molecule has 0 saturated carbocycles. The van der Waals surface area contributed by atoms with E-state index in [1.807, 2.05) is 43.3 Å². The summed E-state index contributed by atoms with van der Waals surface area (Å²) < 4.78 is 21.8. The number of hydrogen-bond donors (Lipinski definition) is 2. The largest absolute Gasteiger partial charge is 0.497 e. The van der Waals surface area contributed by atoms with Gasteiger partial charge in [0.15, 0.2) is 11.5 Å². The van der Waals surface area contributed by atoms with E-state index in [-0.39, 0.29) is 12.1 Å². The number of benzene rings is 2. The summed E-state index contributed by atoms with van der Waals surface area (Å²) in [7, 11) is 3.22. The third-order valence-corrected chi connectivity index (χ3v) is 4.49. The molecule has 0 fully saturated rings. The van der Waals surface area contributed by atoms with Crippen LogP contribution in [-0.4, -0.2) is 39.5 Å². The van der Waals surface area contributed by atoms with Gasteiger partial charge in [-0.2, -0.15) is 0 Å². The number of rotatable bonds is 7. The number of carbonyl (C=O) groups is 1. The fraction of sp³-hybridized carbons (Fsp3) is 0.381. The summed E-state index contributed by atoms with van der Waals surface area (Å²) in [6.07, 6.45) is 0.691. The number of hydrogen-bond acceptors (Lipinski definition) is 5. The molecule has 1 atom stereocenters. The molecule has 2 aromatic rings. The summed E-state index contributed by atoms with van der Waals surface area (Å²) >= 11 is 0. The van der Waals surface area contributed by atoms with Gasteiger partial charge in [0, 0.05) is 6.54 Å². The predicted octanol–water partition coefficient (Wildman–Crippen LogP) is 2.91. The van der Waals surface area contributed by atoms with Gasteiger partial charge in [0.25, 0.3) is 0 Å². The molecule has 1 heterocycles. The van der Waals surface area contributed by atoms with E-state index in [0.29, 0.717) is 37.7 Å². The molecular formula is C21H26N2O5. The quantitative estimate of drug-likeness (QED) is 0.765. The third-order valence-electron chi connectivity index (χ3n) is 4.49. The van der Waals surface area contributed by atoms with E-state index in [0.717, 1.165) is 22.6 Å². The van der Waals surface area contributed by atoms with Gasteiger partial charge in [0.1, 0.15) is 18.1 Å². The number of amides is 2. The average molecular weight is 386 g/mol. The van der Waals surface area contributed by atoms with Crippen molar-refractivity contribution in [2.24, 2.45) is 0 Å². The Kier molecular flexibility index (Phi) is 6.47. The standard InChI is InChI=1S/C21H26N2O5/c1-4-27-19-7-5-14(9-20(19)26-3)12-22-21(24)23-16-10-15-11-17(25-2)6-8-18(15)28-13-16/h5-9,11,16H,4,10,12-13H2,1-3H3,(H2,22,23,24)/t16-/m0/s1. The van der Waals surface area contributed by atoms with E-state index >= 15 is 0 Å². The van der Waals surface area contributed by atoms with Gasteiger partial charge in [0.05, 0.1) is 26.9 Å². The van der Waals surface area contributed by atoms with Gasteiger partial charge in [-0.25, -0.2) is 4.79 Å². The Morgan fingerprint density at radius 2 is 2.00 bits per heavy atom. The highest BCUT2D eigenvalue weighted by atomic mass is 16.5. The summed E-state index contributed by atoms with van der Waals surface area (Å²) in [4.78, 5) is 12.3. The third kappa shape index (κ3) is 4.79. The van der Waals surface area contributed by atoms with Gasteiger partial charge in [-0.05, 0) is 54.8 Å². The normalized spacial score (nSPS) is 15.0. The van der Waals surface area contributed by atoms with Crippen molar-refractivity contribution in [1.82, 2.24) is 10.6 Å². The summed E-state index contributed by atoms with van der Waals surface area (Å²) in [5.41, 5.74) is 1.94. The van der Waals surface area contributed by atoms with Crippen molar-refractivity contribution in [3.05, 3.63) is 47.5 Å². The Morgan fingerprint density at radius 3 is 2.75 bits per heavy atom. The SMILES string of the molecule is CCOc1ccc(CNC(=O)N[C@@H]2COc3ccc(OC)cc3C2)cc1OC. The maximum atomic E-state index is 12.3. The molecule has 7 nitrogen and oxygen atoms in total. The second-order valence-corrected chi connectivity index (χ2v) is 6.43. The van der Waals surface area contributed by atoms with E-state index < -0.39 is 0 Å². The maximum absolute atomic E-state index is 12.3. The highest BCUT2D eigenvalue weighted by molar-refractivity contribution is 5.74. The first kappa shape index (κ1) is 19.7. The van der Waals surface area contributed by atoms with E-state index in [1.165, 1.54) is 0 Å². The topological polar surface area (TPSA) is 78.1 Å². The number of carbonyl (C=O) groups excluding carboxylic acids is 1. The lowest BCUT2D eigenvalue weighted by atomic mass is 10.0. The van der Waals surface area contributed by atoms with Gasteiger partial charge in [-0.15, -0.1) is 0 Å². The summed E-state index contributed by atoms with van der Waals surface area (Å²) in [5, 5.41) is 5.82. The number of ether oxygens (including phenoxy) is 4. The van der Waals surface area contributed by atoms with Crippen LogP contribution in [0.25, 0.3) is 0 Å². The lowest BCUT2D eigenvalue weighted by molar-refractivity contribution is 0.214. The zero-order valence-corrected chi connectivity index (χ0v) is 16.4. The van der Waals surface area contributed by atoms with Crippen LogP contribution in [0, 0.1) is 0 Å². The molecule has 1 aliphatic heterocycles. The molecule has 28 heavy (non-hydrogen) atoms. The number of nitrogens with one attached hydrogen (secondary N) is 2. The first-order valence-electron chi connectivity index (χ1n) is 9.26. The van der Waals surface area contributed by atoms with Crippen LogP contribution in [0.2, 0.25) is 0 Å². The molecule has 0 unspecified atom stereocenters. The van der Waals surface area contributed by atoms with Gasteiger partial charge >= 0.3 is 6.03 Å². The van der Waals surface area contributed by atoms with E-state index in [9.17, 15) is 4.79 Å². The van der Waals surface area contributed by atoms with Gasteiger partial charge in [-0.1, -0.05) is 6.07 Å². The molecule has 0 aliphatic carbocycles. The first-order valence-corrected chi connectivity index (χ1v) is 9.26. The zero-order chi connectivity index (χ0) is 19.9. The molecule has 7 heteroatoms. The van der Waals surface area contributed by atoms with Gasteiger partial charge in [-0.3, -0.25) is 0 Å². The van der Waals surface area contributed by atoms with Crippen molar-refractivity contribution in [2.45, 2.75) is 25.9 Å². The van der Waals surface area contributed by atoms with E-state index in [1.54, 1.807) is 14.2 Å². The molecule has 0 spiro atoms. The minimum atomic E-state index is -0.243. The minimum Gasteiger partial charge on any atom is -0.497 e. The maximum Gasteiger partial charge on any atom is 0.315 e. The second-order valence-electron chi connectivity index (χ2n) is 6.43. The minimum absolute atomic E-state index is 0.102. The Balaban J connectivity index is 1.53. The number of urea groups is 1. The van der Waals surface area contributed by atoms with Crippen molar-refractivity contribution in [2.75, 3.05) is 27.4 Å². The lowest BCUT2D eigenvalue weighted by Gasteiger charge is -2.26. The fourth-order valence-electron chi connectivity index (χ4n) is 3.11. The highest BCUT2D eigenvalue weighted by Gasteiger charge is 2.22. The summed E-state index contributed by atoms with van der Waals surface area (Å²) in [6, 6.07) is 11.0. The lowest BCUT2D eigenvalue weighted by Crippen LogP contribution is -2.47. The van der Waals surface area contributed by atoms with Crippen molar-refractivity contribution >= 4 is 6.03 Å².